The summed E-state index contributed by atoms with van der Waals surface area (Å²) >= 11 is 0. The van der Waals surface area contributed by atoms with Gasteiger partial charge in [-0.15, -0.1) is 0 Å². The molecule has 3 rings (SSSR count). The van der Waals surface area contributed by atoms with Crippen LogP contribution in [0.1, 0.15) is 111 Å². The number of aliphatic imine (C=N–C) groups is 2. The van der Waals surface area contributed by atoms with Crippen molar-refractivity contribution in [2.45, 2.75) is 93.9 Å². The van der Waals surface area contributed by atoms with Crippen LogP contribution >= 0.6 is 0 Å². The lowest BCUT2D eigenvalue weighted by molar-refractivity contribution is 0.592. The third-order valence-electron chi connectivity index (χ3n) is 7.23. The minimum Gasteiger partial charge on any atom is -0.358 e. The first kappa shape index (κ1) is 31.1. The second-order valence-corrected chi connectivity index (χ2v) is 12.7. The number of para-hydroxylation sites is 3. The Balaban J connectivity index is 2.34. The average molecular weight is 536 g/mol. The number of nitrogens with one attached hydrogen (secondary N) is 1. The molecule has 0 radical (unpaired) electrons. The fourth-order valence-corrected chi connectivity index (χ4v) is 5.11. The summed E-state index contributed by atoms with van der Waals surface area (Å²) in [6, 6.07) is 25.6. The highest BCUT2D eigenvalue weighted by Gasteiger charge is 2.27. The summed E-state index contributed by atoms with van der Waals surface area (Å²) < 4.78 is 0. The van der Waals surface area contributed by atoms with Gasteiger partial charge in [-0.2, -0.15) is 0 Å². The Bertz CT molecular complexity index is 1390. The van der Waals surface area contributed by atoms with Crippen LogP contribution in [0.25, 0.3) is 0 Å². The second-order valence-electron chi connectivity index (χ2n) is 12.7. The Morgan fingerprint density at radius 1 is 0.600 bits per heavy atom. The summed E-state index contributed by atoms with van der Waals surface area (Å²) in [6.07, 6.45) is 0. The van der Waals surface area contributed by atoms with Gasteiger partial charge in [-0.1, -0.05) is 117 Å². The van der Waals surface area contributed by atoms with E-state index in [2.05, 4.69) is 154 Å². The molecule has 0 bridgehead atoms. The first-order chi connectivity index (χ1) is 18.8. The molecule has 0 saturated carbocycles. The van der Waals surface area contributed by atoms with E-state index in [1.807, 2.05) is 0 Å². The molecule has 0 fully saturated rings. The second kappa shape index (κ2) is 13.3. The summed E-state index contributed by atoms with van der Waals surface area (Å²) in [5.41, 5.74) is 10.8. The molecule has 0 amide bonds. The average Bonchev–Trinajstić information content (AvgIpc) is 2.88. The first-order valence-corrected chi connectivity index (χ1v) is 14.7. The summed E-state index contributed by atoms with van der Waals surface area (Å²) in [5, 5.41) is 3.79. The monoisotopic (exact) mass is 535 g/mol. The molecule has 40 heavy (non-hydrogen) atoms. The predicted molar refractivity (Wildman–Crippen MR) is 177 cm³/mol. The molecule has 0 saturated heterocycles. The van der Waals surface area contributed by atoms with Gasteiger partial charge in [0.25, 0.3) is 0 Å². The maximum atomic E-state index is 5.43. The van der Waals surface area contributed by atoms with Gasteiger partial charge in [0.1, 0.15) is 0 Å². The standard InChI is InChI=1S/C37H49N3/c1-24(2)29-18-12-15-21-32(29)38-27(7)35(28(8)39-33-22-16-13-19-30(33)25(3)4)36(37(9,10)11)40-34-23-17-14-20-31(34)26(5)6/h12-26,38H,1-11H3/b35-27+,39-28?,40-36?. The Morgan fingerprint density at radius 3 is 1.50 bits per heavy atom. The normalized spacial score (nSPS) is 13.8. The number of rotatable bonds is 9. The van der Waals surface area contributed by atoms with Gasteiger partial charge >= 0.3 is 0 Å². The van der Waals surface area contributed by atoms with E-state index in [0.29, 0.717) is 17.8 Å². The van der Waals surface area contributed by atoms with Crippen LogP contribution in [0.15, 0.2) is 94.1 Å². The lowest BCUT2D eigenvalue weighted by atomic mass is 9.82. The van der Waals surface area contributed by atoms with Crippen LogP contribution in [0, 0.1) is 5.41 Å². The van der Waals surface area contributed by atoms with Crippen molar-refractivity contribution < 1.29 is 0 Å². The van der Waals surface area contributed by atoms with Crippen LogP contribution in [0.4, 0.5) is 17.1 Å². The maximum Gasteiger partial charge on any atom is 0.0668 e. The lowest BCUT2D eigenvalue weighted by Crippen LogP contribution is -2.28. The Morgan fingerprint density at radius 2 is 1.02 bits per heavy atom. The Labute approximate surface area is 243 Å². The van der Waals surface area contributed by atoms with Crippen LogP contribution in [0.2, 0.25) is 0 Å². The smallest absolute Gasteiger partial charge is 0.0668 e. The summed E-state index contributed by atoms with van der Waals surface area (Å²) in [6.45, 7) is 24.4. The van der Waals surface area contributed by atoms with Crippen molar-refractivity contribution in [2.75, 3.05) is 5.32 Å². The number of anilines is 1. The van der Waals surface area contributed by atoms with E-state index in [9.17, 15) is 0 Å². The molecule has 3 nitrogen and oxygen atoms in total. The van der Waals surface area contributed by atoms with Gasteiger partial charge in [0.15, 0.2) is 0 Å². The molecule has 3 heteroatoms. The van der Waals surface area contributed by atoms with Gasteiger partial charge in [0.05, 0.1) is 17.1 Å². The van der Waals surface area contributed by atoms with Crippen molar-refractivity contribution in [1.29, 1.82) is 0 Å². The highest BCUT2D eigenvalue weighted by molar-refractivity contribution is 6.27. The topological polar surface area (TPSA) is 36.8 Å². The largest absolute Gasteiger partial charge is 0.358 e. The highest BCUT2D eigenvalue weighted by Crippen LogP contribution is 2.35. The lowest BCUT2D eigenvalue weighted by Gasteiger charge is -2.27. The maximum absolute atomic E-state index is 5.43. The van der Waals surface area contributed by atoms with E-state index >= 15 is 0 Å². The third kappa shape index (κ3) is 7.59. The quantitative estimate of drug-likeness (QED) is 0.272. The van der Waals surface area contributed by atoms with Crippen LogP contribution in [-0.2, 0) is 0 Å². The number of hydrogen-bond donors (Lipinski definition) is 1. The Hall–Kier alpha value is -3.46. The summed E-state index contributed by atoms with van der Waals surface area (Å²) in [7, 11) is 0. The predicted octanol–water partition coefficient (Wildman–Crippen LogP) is 11.4. The van der Waals surface area contributed by atoms with E-state index in [4.69, 9.17) is 9.98 Å². The van der Waals surface area contributed by atoms with E-state index < -0.39 is 0 Å². The van der Waals surface area contributed by atoms with Gasteiger partial charge < -0.3 is 5.32 Å². The van der Waals surface area contributed by atoms with Crippen LogP contribution < -0.4 is 5.32 Å². The molecule has 0 heterocycles. The van der Waals surface area contributed by atoms with Crippen molar-refractivity contribution in [1.82, 2.24) is 0 Å². The van der Waals surface area contributed by atoms with Gasteiger partial charge in [-0.05, 0) is 66.5 Å². The van der Waals surface area contributed by atoms with Crippen molar-refractivity contribution in [3.8, 4) is 0 Å². The molecule has 0 unspecified atom stereocenters. The molecular formula is C37H49N3. The van der Waals surface area contributed by atoms with Gasteiger partial charge in [0.2, 0.25) is 0 Å². The van der Waals surface area contributed by atoms with Crippen LogP contribution in [0.3, 0.4) is 0 Å². The highest BCUT2D eigenvalue weighted by atomic mass is 14.9. The zero-order valence-corrected chi connectivity index (χ0v) is 26.6. The zero-order chi connectivity index (χ0) is 29.6. The number of hydrogen-bond acceptors (Lipinski definition) is 3. The molecule has 3 aromatic carbocycles. The van der Waals surface area contributed by atoms with Gasteiger partial charge in [0, 0.05) is 28.1 Å². The van der Waals surface area contributed by atoms with Crippen LogP contribution in [0.5, 0.6) is 0 Å². The molecule has 0 spiro atoms. The molecule has 0 aliphatic heterocycles. The molecular weight excluding hydrogens is 486 g/mol. The van der Waals surface area contributed by atoms with E-state index in [-0.39, 0.29) is 5.41 Å². The first-order valence-electron chi connectivity index (χ1n) is 14.7. The molecule has 0 aliphatic rings. The van der Waals surface area contributed by atoms with Crippen molar-refractivity contribution >= 4 is 28.5 Å². The van der Waals surface area contributed by atoms with E-state index in [1.54, 1.807) is 0 Å². The van der Waals surface area contributed by atoms with Crippen molar-refractivity contribution in [2.24, 2.45) is 15.4 Å². The SMILES string of the molecule is CC(=Nc1ccccc1C(C)C)/C(C(=Nc1ccccc1C(C)C)C(C)(C)C)=C(/C)Nc1ccccc1C(C)C. The van der Waals surface area contributed by atoms with E-state index in [1.165, 1.54) is 16.7 Å². The van der Waals surface area contributed by atoms with E-state index in [0.717, 1.165) is 39.8 Å². The van der Waals surface area contributed by atoms with Crippen LogP contribution in [-0.4, -0.2) is 11.4 Å². The molecule has 1 N–H and O–H groups in total. The molecule has 0 aromatic heterocycles. The Kier molecular flexibility index (Phi) is 10.3. The fourth-order valence-electron chi connectivity index (χ4n) is 5.11. The van der Waals surface area contributed by atoms with Gasteiger partial charge in [-0.3, -0.25) is 9.98 Å². The summed E-state index contributed by atoms with van der Waals surface area (Å²) in [5.74, 6) is 1.16. The molecule has 212 valence electrons. The fraction of sp³-hybridized carbons (Fsp3) is 0.405. The van der Waals surface area contributed by atoms with Crippen molar-refractivity contribution in [3.63, 3.8) is 0 Å². The minimum atomic E-state index is -0.228. The van der Waals surface area contributed by atoms with Gasteiger partial charge in [-0.25, -0.2) is 0 Å². The molecule has 3 aromatic rings. The minimum absolute atomic E-state index is 0.228. The molecule has 0 aliphatic carbocycles. The summed E-state index contributed by atoms with van der Waals surface area (Å²) in [4.78, 5) is 10.7. The number of allylic oxidation sites excluding steroid dienone is 2. The zero-order valence-electron chi connectivity index (χ0n) is 26.6. The van der Waals surface area contributed by atoms with Crippen molar-refractivity contribution in [3.05, 3.63) is 101 Å². The third-order valence-corrected chi connectivity index (χ3v) is 7.23. The number of benzene rings is 3. The molecule has 0 atom stereocenters. The number of nitrogens with zero attached hydrogens (tertiary/aromatic N) is 2.